The average molecular weight is 258 g/mol. The van der Waals surface area contributed by atoms with Gasteiger partial charge in [0.15, 0.2) is 0 Å². The molecule has 0 amide bonds. The lowest BCUT2D eigenvalue weighted by atomic mass is 9.71. The van der Waals surface area contributed by atoms with Gasteiger partial charge < -0.3 is 20.1 Å². The molecule has 0 bridgehead atoms. The van der Waals surface area contributed by atoms with E-state index in [0.29, 0.717) is 0 Å². The third-order valence-electron chi connectivity index (χ3n) is 3.78. The summed E-state index contributed by atoms with van der Waals surface area (Å²) in [6.45, 7) is 11.7. The molecule has 1 saturated heterocycles. The second-order valence-corrected chi connectivity index (χ2v) is 6.62. The summed E-state index contributed by atoms with van der Waals surface area (Å²) in [4.78, 5) is 0. The zero-order chi connectivity index (χ0) is 14.1. The van der Waals surface area contributed by atoms with Crippen molar-refractivity contribution in [1.29, 1.82) is 0 Å². The minimum atomic E-state index is -1.02. The highest BCUT2D eigenvalue weighted by Crippen LogP contribution is 2.42. The molecule has 106 valence electrons. The van der Waals surface area contributed by atoms with Crippen molar-refractivity contribution in [2.75, 3.05) is 6.61 Å². The van der Waals surface area contributed by atoms with E-state index < -0.39 is 24.4 Å². The lowest BCUT2D eigenvalue weighted by molar-refractivity contribution is -0.0790. The number of ether oxygens (including phenoxy) is 1. The molecule has 1 rings (SSSR count). The number of rotatable bonds is 5. The molecule has 0 aromatic rings. The van der Waals surface area contributed by atoms with Crippen molar-refractivity contribution in [3.63, 3.8) is 0 Å². The van der Waals surface area contributed by atoms with Gasteiger partial charge in [-0.3, -0.25) is 0 Å². The highest BCUT2D eigenvalue weighted by Gasteiger charge is 2.49. The van der Waals surface area contributed by atoms with Crippen LogP contribution in [0.4, 0.5) is 0 Å². The summed E-state index contributed by atoms with van der Waals surface area (Å²) >= 11 is 0. The molecule has 0 aromatic heterocycles. The molecule has 0 spiro atoms. The topological polar surface area (TPSA) is 69.9 Å². The Hall–Kier alpha value is -0.420. The molecule has 4 atom stereocenters. The molecule has 1 fully saturated rings. The fourth-order valence-corrected chi connectivity index (χ4v) is 2.89. The van der Waals surface area contributed by atoms with Crippen LogP contribution in [0.5, 0.6) is 0 Å². The molecule has 4 heteroatoms. The summed E-state index contributed by atoms with van der Waals surface area (Å²) in [5, 5.41) is 28.9. The molecule has 0 saturated carbocycles. The van der Waals surface area contributed by atoms with Gasteiger partial charge in [0.1, 0.15) is 18.3 Å². The maximum absolute atomic E-state index is 10.1. The normalized spacial score (nSPS) is 33.7. The van der Waals surface area contributed by atoms with Crippen LogP contribution in [-0.2, 0) is 4.74 Å². The Labute approximate surface area is 109 Å². The van der Waals surface area contributed by atoms with Crippen molar-refractivity contribution in [3.8, 4) is 0 Å². The summed E-state index contributed by atoms with van der Waals surface area (Å²) in [5.41, 5.74) is -0.392. The molecule has 1 heterocycles. The molecule has 0 radical (unpaired) electrons. The van der Waals surface area contributed by atoms with Crippen LogP contribution in [-0.4, -0.2) is 46.3 Å². The van der Waals surface area contributed by atoms with Gasteiger partial charge in [-0.2, -0.15) is 0 Å². The van der Waals surface area contributed by atoms with Crippen LogP contribution in [0.3, 0.4) is 0 Å². The molecular weight excluding hydrogens is 232 g/mol. The largest absolute Gasteiger partial charge is 0.394 e. The minimum Gasteiger partial charge on any atom is -0.394 e. The van der Waals surface area contributed by atoms with Crippen molar-refractivity contribution in [2.45, 2.75) is 58.5 Å². The molecule has 3 N–H and O–H groups in total. The van der Waals surface area contributed by atoms with Crippen LogP contribution in [0.2, 0.25) is 0 Å². The van der Waals surface area contributed by atoms with Crippen LogP contribution in [0, 0.1) is 10.8 Å². The summed E-state index contributed by atoms with van der Waals surface area (Å²) in [6, 6.07) is 0. The first-order valence-electron chi connectivity index (χ1n) is 6.40. The minimum absolute atomic E-state index is 0.0746. The van der Waals surface area contributed by atoms with Crippen LogP contribution in [0.25, 0.3) is 0 Å². The summed E-state index contributed by atoms with van der Waals surface area (Å²) in [7, 11) is 0. The number of hydrogen-bond acceptors (Lipinski definition) is 4. The maximum atomic E-state index is 10.1. The monoisotopic (exact) mass is 258 g/mol. The summed E-state index contributed by atoms with van der Waals surface area (Å²) in [5.74, 6) is 0. The lowest BCUT2D eigenvalue weighted by Gasteiger charge is -2.38. The molecular formula is C14H26O4. The average Bonchev–Trinajstić information content (AvgIpc) is 2.55. The van der Waals surface area contributed by atoms with E-state index in [1.165, 1.54) is 0 Å². The predicted octanol–water partition coefficient (Wildman–Crippen LogP) is 1.10. The molecule has 0 aromatic carbocycles. The highest BCUT2D eigenvalue weighted by atomic mass is 16.6. The van der Waals surface area contributed by atoms with Gasteiger partial charge in [0.25, 0.3) is 0 Å². The highest BCUT2D eigenvalue weighted by molar-refractivity contribution is 5.01. The number of aliphatic hydroxyl groups is 3. The first kappa shape index (κ1) is 15.6. The van der Waals surface area contributed by atoms with Gasteiger partial charge in [-0.25, -0.2) is 0 Å². The smallest absolute Gasteiger partial charge is 0.111 e. The van der Waals surface area contributed by atoms with Gasteiger partial charge in [-0.05, 0) is 17.3 Å². The van der Waals surface area contributed by atoms with E-state index in [1.807, 2.05) is 19.9 Å². The number of allylic oxidation sites excluding steroid dienone is 1. The standard InChI is InChI=1S/C14H26O4/c1-6-13(2,3)8-14(4,5)12-11(17)10(16)9(7-15)18-12/h6,9-12,15-17H,1,7-8H2,2-5H3. The number of aliphatic hydroxyl groups excluding tert-OH is 3. The van der Waals surface area contributed by atoms with Crippen LogP contribution in [0.1, 0.15) is 34.1 Å². The van der Waals surface area contributed by atoms with E-state index in [1.54, 1.807) is 0 Å². The zero-order valence-electron chi connectivity index (χ0n) is 11.8. The lowest BCUT2D eigenvalue weighted by Crippen LogP contribution is -2.42. The Morgan fingerprint density at radius 3 is 2.11 bits per heavy atom. The van der Waals surface area contributed by atoms with Crippen molar-refractivity contribution >= 4 is 0 Å². The Morgan fingerprint density at radius 1 is 1.17 bits per heavy atom. The van der Waals surface area contributed by atoms with Crippen molar-refractivity contribution in [1.82, 2.24) is 0 Å². The maximum Gasteiger partial charge on any atom is 0.111 e. The van der Waals surface area contributed by atoms with Crippen molar-refractivity contribution in [2.24, 2.45) is 10.8 Å². The van der Waals surface area contributed by atoms with Crippen molar-refractivity contribution in [3.05, 3.63) is 12.7 Å². The van der Waals surface area contributed by atoms with Crippen molar-refractivity contribution < 1.29 is 20.1 Å². The van der Waals surface area contributed by atoms with Gasteiger partial charge in [-0.1, -0.05) is 33.8 Å². The second kappa shape index (κ2) is 5.29. The Kier molecular flexibility index (Phi) is 4.60. The Morgan fingerprint density at radius 2 is 1.72 bits per heavy atom. The van der Waals surface area contributed by atoms with E-state index >= 15 is 0 Å². The molecule has 0 aliphatic carbocycles. The third kappa shape index (κ3) is 3.12. The van der Waals surface area contributed by atoms with E-state index in [9.17, 15) is 10.2 Å². The summed E-state index contributed by atoms with van der Waals surface area (Å²) in [6.07, 6.45) is -0.504. The molecule has 18 heavy (non-hydrogen) atoms. The van der Waals surface area contributed by atoms with Gasteiger partial charge >= 0.3 is 0 Å². The fraction of sp³-hybridized carbons (Fsp3) is 0.857. The Bertz CT molecular complexity index is 298. The van der Waals surface area contributed by atoms with Gasteiger partial charge in [-0.15, -0.1) is 6.58 Å². The quantitative estimate of drug-likeness (QED) is 0.646. The zero-order valence-corrected chi connectivity index (χ0v) is 11.8. The predicted molar refractivity (Wildman–Crippen MR) is 70.1 cm³/mol. The first-order valence-corrected chi connectivity index (χ1v) is 6.40. The Balaban J connectivity index is 2.83. The molecule has 4 unspecified atom stereocenters. The van der Waals surface area contributed by atoms with Gasteiger partial charge in [0.05, 0.1) is 12.7 Å². The first-order chi connectivity index (χ1) is 8.14. The van der Waals surface area contributed by atoms with Gasteiger partial charge in [0, 0.05) is 0 Å². The SMILES string of the molecule is C=CC(C)(C)CC(C)(C)C1OC(CO)C(O)C1O. The fourth-order valence-electron chi connectivity index (χ4n) is 2.89. The molecule has 1 aliphatic heterocycles. The molecule has 4 nitrogen and oxygen atoms in total. The third-order valence-corrected chi connectivity index (χ3v) is 3.78. The second-order valence-electron chi connectivity index (χ2n) is 6.62. The van der Waals surface area contributed by atoms with Crippen LogP contribution >= 0.6 is 0 Å². The van der Waals surface area contributed by atoms with E-state index in [2.05, 4.69) is 20.4 Å². The van der Waals surface area contributed by atoms with E-state index in [0.717, 1.165) is 6.42 Å². The summed E-state index contributed by atoms with van der Waals surface area (Å²) < 4.78 is 5.61. The van der Waals surface area contributed by atoms with Crippen LogP contribution in [0.15, 0.2) is 12.7 Å². The number of hydrogen-bond donors (Lipinski definition) is 3. The van der Waals surface area contributed by atoms with E-state index in [4.69, 9.17) is 9.84 Å². The van der Waals surface area contributed by atoms with Crippen LogP contribution < -0.4 is 0 Å². The van der Waals surface area contributed by atoms with E-state index in [-0.39, 0.29) is 17.4 Å². The molecule has 1 aliphatic rings. The van der Waals surface area contributed by atoms with Gasteiger partial charge in [0.2, 0.25) is 0 Å².